The topological polar surface area (TPSA) is 26.0 Å². The molecule has 0 aliphatic heterocycles. The van der Waals surface area contributed by atoms with E-state index in [1.165, 1.54) is 0 Å². The molecule has 54 valence electrons. The van der Waals surface area contributed by atoms with Gasteiger partial charge >= 0.3 is 0 Å². The molecule has 0 aliphatic rings. The highest BCUT2D eigenvalue weighted by Crippen LogP contribution is 2.22. The summed E-state index contributed by atoms with van der Waals surface area (Å²) in [7, 11) is 0. The maximum Gasteiger partial charge on any atom is 0.167 e. The molecule has 0 saturated heterocycles. The van der Waals surface area contributed by atoms with Gasteiger partial charge in [-0.05, 0) is 12.1 Å². The summed E-state index contributed by atoms with van der Waals surface area (Å²) >= 11 is 5.26. The summed E-state index contributed by atoms with van der Waals surface area (Å²) in [5.41, 5.74) is 4.41. The van der Waals surface area contributed by atoms with Crippen LogP contribution in [-0.2, 0) is 0 Å². The Hall–Kier alpha value is -0.830. The Labute approximate surface area is 61.4 Å². The van der Waals surface area contributed by atoms with E-state index in [4.69, 9.17) is 17.3 Å². The van der Waals surface area contributed by atoms with Gasteiger partial charge in [0.25, 0.3) is 0 Å². The van der Waals surface area contributed by atoms with Crippen LogP contribution >= 0.6 is 11.6 Å². The quantitative estimate of drug-likeness (QED) is 0.461. The fourth-order valence-corrected chi connectivity index (χ4v) is 0.708. The van der Waals surface area contributed by atoms with Crippen LogP contribution in [0, 0.1) is 11.6 Å². The highest BCUT2D eigenvalue weighted by atomic mass is 35.5. The lowest BCUT2D eigenvalue weighted by atomic mass is 10.3. The summed E-state index contributed by atoms with van der Waals surface area (Å²) in [6, 6.07) is 2.13. The number of benzene rings is 1. The molecule has 1 rings (SSSR count). The number of hydrogen-bond acceptors (Lipinski definition) is 1. The van der Waals surface area contributed by atoms with E-state index in [-0.39, 0.29) is 5.02 Å². The van der Waals surface area contributed by atoms with Crippen LogP contribution in [0.3, 0.4) is 0 Å². The van der Waals surface area contributed by atoms with Crippen LogP contribution < -0.4 is 5.73 Å². The normalized spacial score (nSPS) is 9.90. The first kappa shape index (κ1) is 7.28. The van der Waals surface area contributed by atoms with Crippen LogP contribution in [0.2, 0.25) is 5.02 Å². The van der Waals surface area contributed by atoms with Crippen molar-refractivity contribution in [1.29, 1.82) is 0 Å². The summed E-state index contributed by atoms with van der Waals surface area (Å²) < 4.78 is 24.8. The first-order chi connectivity index (χ1) is 4.63. The van der Waals surface area contributed by atoms with Gasteiger partial charge in [0.05, 0.1) is 5.02 Å². The highest BCUT2D eigenvalue weighted by Gasteiger charge is 2.07. The number of anilines is 1. The van der Waals surface area contributed by atoms with Gasteiger partial charge < -0.3 is 5.73 Å². The van der Waals surface area contributed by atoms with Gasteiger partial charge in [-0.1, -0.05) is 11.6 Å². The lowest BCUT2D eigenvalue weighted by Gasteiger charge is -1.98. The minimum absolute atomic E-state index is 0.168. The van der Waals surface area contributed by atoms with Crippen LogP contribution in [-0.4, -0.2) is 0 Å². The van der Waals surface area contributed by atoms with Crippen molar-refractivity contribution in [3.05, 3.63) is 28.8 Å². The molecule has 0 fully saturated rings. The molecule has 10 heavy (non-hydrogen) atoms. The molecule has 1 aromatic rings. The molecule has 0 atom stereocenters. The molecular weight excluding hydrogens is 160 g/mol. The molecule has 1 aromatic carbocycles. The maximum absolute atomic E-state index is 12.5. The number of rotatable bonds is 0. The van der Waals surface area contributed by atoms with Gasteiger partial charge in [0.15, 0.2) is 5.82 Å². The van der Waals surface area contributed by atoms with Crippen LogP contribution in [0.25, 0.3) is 0 Å². The lowest BCUT2D eigenvalue weighted by molar-refractivity contribution is 0.592. The molecule has 0 amide bonds. The van der Waals surface area contributed by atoms with Crippen LogP contribution in [0.4, 0.5) is 14.5 Å². The molecule has 0 aromatic heterocycles. The Bertz CT molecular complexity index is 235. The van der Waals surface area contributed by atoms with Gasteiger partial charge in [-0.25, -0.2) is 8.78 Å². The molecule has 0 unspecified atom stereocenters. The second-order valence-corrected chi connectivity index (χ2v) is 2.16. The van der Waals surface area contributed by atoms with E-state index in [0.29, 0.717) is 0 Å². The Morgan fingerprint density at radius 1 is 1.30 bits per heavy atom. The number of nitrogen functional groups attached to an aromatic ring is 1. The molecule has 0 spiro atoms. The third kappa shape index (κ3) is 1.04. The standard InChI is InChI=1S/C6H4ClF2N/c7-3-1-2-4(8)6(10)5(3)9/h1-2H,10H2. The summed E-state index contributed by atoms with van der Waals surface area (Å²) in [5, 5.41) is -0.168. The van der Waals surface area contributed by atoms with E-state index in [1.807, 2.05) is 0 Å². The molecule has 0 bridgehead atoms. The fourth-order valence-electron chi connectivity index (χ4n) is 0.543. The van der Waals surface area contributed by atoms with Gasteiger partial charge in [0, 0.05) is 0 Å². The second-order valence-electron chi connectivity index (χ2n) is 1.76. The van der Waals surface area contributed by atoms with E-state index in [0.717, 1.165) is 12.1 Å². The van der Waals surface area contributed by atoms with Gasteiger partial charge in [-0.2, -0.15) is 0 Å². The molecule has 2 N–H and O–H groups in total. The minimum Gasteiger partial charge on any atom is -0.394 e. The predicted octanol–water partition coefficient (Wildman–Crippen LogP) is 2.20. The van der Waals surface area contributed by atoms with Gasteiger partial charge in [0.1, 0.15) is 11.5 Å². The zero-order chi connectivity index (χ0) is 7.72. The van der Waals surface area contributed by atoms with E-state index in [2.05, 4.69) is 0 Å². The smallest absolute Gasteiger partial charge is 0.167 e. The van der Waals surface area contributed by atoms with Crippen LogP contribution in [0.1, 0.15) is 0 Å². The van der Waals surface area contributed by atoms with Crippen LogP contribution in [0.5, 0.6) is 0 Å². The minimum atomic E-state index is -0.901. The van der Waals surface area contributed by atoms with E-state index < -0.39 is 17.3 Å². The van der Waals surface area contributed by atoms with Gasteiger partial charge in [-0.15, -0.1) is 0 Å². The van der Waals surface area contributed by atoms with Gasteiger partial charge in [0.2, 0.25) is 0 Å². The molecular formula is C6H4ClF2N. The van der Waals surface area contributed by atoms with Crippen molar-refractivity contribution in [3.8, 4) is 0 Å². The Morgan fingerprint density at radius 3 is 2.40 bits per heavy atom. The third-order valence-corrected chi connectivity index (χ3v) is 1.37. The average molecular weight is 164 g/mol. The monoisotopic (exact) mass is 163 g/mol. The maximum atomic E-state index is 12.5. The summed E-state index contributed by atoms with van der Waals surface area (Å²) in [6.07, 6.45) is 0. The van der Waals surface area contributed by atoms with Crippen molar-refractivity contribution in [1.82, 2.24) is 0 Å². The van der Waals surface area contributed by atoms with Crippen molar-refractivity contribution in [3.63, 3.8) is 0 Å². The molecule has 4 heteroatoms. The SMILES string of the molecule is Nc1c(F)ccc(Cl)c1F. The molecule has 0 saturated carbocycles. The number of hydrogen-bond donors (Lipinski definition) is 1. The van der Waals surface area contributed by atoms with Crippen molar-refractivity contribution in [2.24, 2.45) is 0 Å². The summed E-state index contributed by atoms with van der Waals surface area (Å²) in [6.45, 7) is 0. The van der Waals surface area contributed by atoms with Crippen molar-refractivity contribution in [2.45, 2.75) is 0 Å². The molecule has 0 aliphatic carbocycles. The first-order valence-corrected chi connectivity index (χ1v) is 2.89. The van der Waals surface area contributed by atoms with Crippen molar-refractivity contribution >= 4 is 17.3 Å². The Balaban J connectivity index is 3.34. The Kier molecular flexibility index (Phi) is 1.76. The number of nitrogens with two attached hydrogens (primary N) is 1. The zero-order valence-electron chi connectivity index (χ0n) is 4.87. The van der Waals surface area contributed by atoms with Gasteiger partial charge in [-0.3, -0.25) is 0 Å². The predicted molar refractivity (Wildman–Crippen MR) is 35.8 cm³/mol. The third-order valence-electron chi connectivity index (χ3n) is 1.08. The Morgan fingerprint density at radius 2 is 1.90 bits per heavy atom. The summed E-state index contributed by atoms with van der Waals surface area (Å²) in [4.78, 5) is 0. The van der Waals surface area contributed by atoms with E-state index in [1.54, 1.807) is 0 Å². The molecule has 0 radical (unpaired) electrons. The van der Waals surface area contributed by atoms with E-state index in [9.17, 15) is 8.78 Å². The first-order valence-electron chi connectivity index (χ1n) is 2.52. The zero-order valence-corrected chi connectivity index (χ0v) is 5.62. The van der Waals surface area contributed by atoms with Crippen molar-refractivity contribution < 1.29 is 8.78 Å². The highest BCUT2D eigenvalue weighted by molar-refractivity contribution is 6.31. The number of halogens is 3. The second kappa shape index (κ2) is 2.42. The van der Waals surface area contributed by atoms with E-state index >= 15 is 0 Å². The molecule has 0 heterocycles. The molecule has 1 nitrogen and oxygen atoms in total. The largest absolute Gasteiger partial charge is 0.394 e. The average Bonchev–Trinajstić information content (AvgIpc) is 1.93. The van der Waals surface area contributed by atoms with Crippen LogP contribution in [0.15, 0.2) is 12.1 Å². The lowest BCUT2D eigenvalue weighted by Crippen LogP contribution is -1.94. The summed E-state index contributed by atoms with van der Waals surface area (Å²) in [5.74, 6) is -1.69. The van der Waals surface area contributed by atoms with Crippen molar-refractivity contribution in [2.75, 3.05) is 5.73 Å². The fraction of sp³-hybridized carbons (Fsp3) is 0.